The highest BCUT2D eigenvalue weighted by atomic mass is 15.1. The van der Waals surface area contributed by atoms with Crippen LogP contribution in [0.5, 0.6) is 0 Å². The summed E-state index contributed by atoms with van der Waals surface area (Å²) in [5, 5.41) is 0. The van der Waals surface area contributed by atoms with Gasteiger partial charge in [0, 0.05) is 24.5 Å². The molecule has 1 heterocycles. The van der Waals surface area contributed by atoms with Gasteiger partial charge in [-0.1, -0.05) is 13.8 Å². The molecule has 1 fully saturated rings. The maximum absolute atomic E-state index is 6.02. The van der Waals surface area contributed by atoms with Crippen molar-refractivity contribution in [2.75, 3.05) is 23.7 Å². The fourth-order valence-electron chi connectivity index (χ4n) is 3.01. The van der Waals surface area contributed by atoms with Gasteiger partial charge in [-0.2, -0.15) is 0 Å². The van der Waals surface area contributed by atoms with Gasteiger partial charge in [0.15, 0.2) is 0 Å². The maximum atomic E-state index is 6.02. The molecular weight excluding hydrogens is 208 g/mol. The highest BCUT2D eigenvalue weighted by Gasteiger charge is 2.22. The number of benzene rings is 1. The molecule has 2 N–H and O–H groups in total. The van der Waals surface area contributed by atoms with Crippen molar-refractivity contribution in [2.45, 2.75) is 34.1 Å². The summed E-state index contributed by atoms with van der Waals surface area (Å²) in [7, 11) is 0. The zero-order valence-corrected chi connectivity index (χ0v) is 11.5. The lowest BCUT2D eigenvalue weighted by atomic mass is 9.91. The minimum atomic E-state index is 0.789. The molecule has 2 rings (SSSR count). The van der Waals surface area contributed by atoms with Crippen LogP contribution in [0.2, 0.25) is 0 Å². The Labute approximate surface area is 105 Å². The summed E-state index contributed by atoms with van der Waals surface area (Å²) >= 11 is 0. The number of nitrogen functional groups attached to an aromatic ring is 1. The SMILES string of the molecule is Cc1cc(N2C[C@H](C)C[C@H](C)C2)cc(C)c1N. The van der Waals surface area contributed by atoms with Crippen molar-refractivity contribution < 1.29 is 0 Å². The van der Waals surface area contributed by atoms with Crippen LogP contribution in [0.1, 0.15) is 31.4 Å². The third kappa shape index (κ3) is 2.56. The van der Waals surface area contributed by atoms with E-state index in [4.69, 9.17) is 5.73 Å². The first-order valence-electron chi connectivity index (χ1n) is 6.59. The average molecular weight is 232 g/mol. The quantitative estimate of drug-likeness (QED) is 0.752. The number of anilines is 2. The van der Waals surface area contributed by atoms with Gasteiger partial charge in [0.2, 0.25) is 0 Å². The molecule has 0 aliphatic carbocycles. The molecule has 17 heavy (non-hydrogen) atoms. The third-order valence-corrected chi connectivity index (χ3v) is 3.81. The van der Waals surface area contributed by atoms with Crippen LogP contribution in [0.25, 0.3) is 0 Å². The lowest BCUT2D eigenvalue weighted by molar-refractivity contribution is 0.357. The third-order valence-electron chi connectivity index (χ3n) is 3.81. The summed E-state index contributed by atoms with van der Waals surface area (Å²) in [4.78, 5) is 2.51. The predicted octanol–water partition coefficient (Wildman–Crippen LogP) is 3.37. The van der Waals surface area contributed by atoms with Crippen molar-refractivity contribution in [3.8, 4) is 0 Å². The van der Waals surface area contributed by atoms with Gasteiger partial charge in [-0.05, 0) is 55.4 Å². The molecule has 1 aliphatic heterocycles. The summed E-state index contributed by atoms with van der Waals surface area (Å²) in [6, 6.07) is 4.46. The number of rotatable bonds is 1. The lowest BCUT2D eigenvalue weighted by Gasteiger charge is -2.37. The topological polar surface area (TPSA) is 29.3 Å². The molecule has 2 nitrogen and oxygen atoms in total. The minimum absolute atomic E-state index is 0.789. The molecule has 0 radical (unpaired) electrons. The van der Waals surface area contributed by atoms with Gasteiger partial charge in [-0.25, -0.2) is 0 Å². The first kappa shape index (κ1) is 12.3. The van der Waals surface area contributed by atoms with Crippen LogP contribution in [0.15, 0.2) is 12.1 Å². The Bertz CT molecular complexity index is 378. The Morgan fingerprint density at radius 1 is 1.06 bits per heavy atom. The van der Waals surface area contributed by atoms with E-state index in [1.54, 1.807) is 0 Å². The Hall–Kier alpha value is -1.18. The zero-order valence-electron chi connectivity index (χ0n) is 11.5. The Morgan fingerprint density at radius 3 is 2.00 bits per heavy atom. The Balaban J connectivity index is 2.27. The first-order chi connectivity index (χ1) is 7.97. The number of hydrogen-bond acceptors (Lipinski definition) is 2. The highest BCUT2D eigenvalue weighted by Crippen LogP contribution is 2.29. The van der Waals surface area contributed by atoms with Crippen molar-refractivity contribution in [1.29, 1.82) is 0 Å². The summed E-state index contributed by atoms with van der Waals surface area (Å²) < 4.78 is 0. The second-order valence-corrected chi connectivity index (χ2v) is 5.84. The van der Waals surface area contributed by atoms with Gasteiger partial charge in [-0.15, -0.1) is 0 Å². The summed E-state index contributed by atoms with van der Waals surface area (Å²) in [5.41, 5.74) is 10.7. The van der Waals surface area contributed by atoms with Crippen LogP contribution < -0.4 is 10.6 Å². The predicted molar refractivity (Wildman–Crippen MR) is 75.5 cm³/mol. The normalized spacial score (nSPS) is 25.1. The van der Waals surface area contributed by atoms with Gasteiger partial charge >= 0.3 is 0 Å². The van der Waals surface area contributed by atoms with Crippen molar-refractivity contribution in [2.24, 2.45) is 11.8 Å². The molecule has 1 aliphatic rings. The number of nitrogens with two attached hydrogens (primary N) is 1. The summed E-state index contributed by atoms with van der Waals surface area (Å²) in [6.07, 6.45) is 1.35. The first-order valence-corrected chi connectivity index (χ1v) is 6.59. The Morgan fingerprint density at radius 2 is 1.53 bits per heavy atom. The molecule has 94 valence electrons. The number of aryl methyl sites for hydroxylation is 2. The van der Waals surface area contributed by atoms with Crippen molar-refractivity contribution >= 4 is 11.4 Å². The van der Waals surface area contributed by atoms with E-state index in [1.807, 2.05) is 0 Å². The standard InChI is InChI=1S/C15H24N2/c1-10-5-11(2)9-17(8-10)14-6-12(3)15(16)13(4)7-14/h6-7,10-11H,5,8-9,16H2,1-4H3/t10-,11+. The summed E-state index contributed by atoms with van der Waals surface area (Å²) in [6.45, 7) is 11.2. The molecule has 1 aromatic carbocycles. The lowest BCUT2D eigenvalue weighted by Crippen LogP contribution is -2.38. The van der Waals surface area contributed by atoms with E-state index < -0.39 is 0 Å². The molecular formula is C15H24N2. The van der Waals surface area contributed by atoms with Crippen molar-refractivity contribution in [3.05, 3.63) is 23.3 Å². The average Bonchev–Trinajstić information content (AvgIpc) is 2.23. The fraction of sp³-hybridized carbons (Fsp3) is 0.600. The second-order valence-electron chi connectivity index (χ2n) is 5.84. The molecule has 0 unspecified atom stereocenters. The smallest absolute Gasteiger partial charge is 0.0374 e. The minimum Gasteiger partial charge on any atom is -0.398 e. The number of hydrogen-bond donors (Lipinski definition) is 1. The van der Waals surface area contributed by atoms with E-state index in [0.29, 0.717) is 0 Å². The molecule has 2 atom stereocenters. The fourth-order valence-corrected chi connectivity index (χ4v) is 3.01. The van der Waals surface area contributed by atoms with Crippen LogP contribution in [0.3, 0.4) is 0 Å². The number of piperidine rings is 1. The monoisotopic (exact) mass is 232 g/mol. The van der Waals surface area contributed by atoms with E-state index in [9.17, 15) is 0 Å². The zero-order chi connectivity index (χ0) is 12.6. The van der Waals surface area contributed by atoms with Gasteiger partial charge in [0.25, 0.3) is 0 Å². The second kappa shape index (κ2) is 4.59. The number of nitrogens with zero attached hydrogens (tertiary/aromatic N) is 1. The molecule has 0 saturated carbocycles. The Kier molecular flexibility index (Phi) is 3.32. The molecule has 0 amide bonds. The molecule has 1 saturated heterocycles. The molecule has 2 heteroatoms. The molecule has 0 aromatic heterocycles. The largest absolute Gasteiger partial charge is 0.398 e. The van der Waals surface area contributed by atoms with Gasteiger partial charge in [-0.3, -0.25) is 0 Å². The molecule has 0 spiro atoms. The summed E-state index contributed by atoms with van der Waals surface area (Å²) in [5.74, 6) is 1.58. The van der Waals surface area contributed by atoms with E-state index >= 15 is 0 Å². The van der Waals surface area contributed by atoms with Gasteiger partial charge in [0.05, 0.1) is 0 Å². The van der Waals surface area contributed by atoms with Crippen LogP contribution in [0.4, 0.5) is 11.4 Å². The highest BCUT2D eigenvalue weighted by molar-refractivity contribution is 5.62. The van der Waals surface area contributed by atoms with E-state index in [1.165, 1.54) is 36.3 Å². The van der Waals surface area contributed by atoms with Crippen LogP contribution in [0, 0.1) is 25.7 Å². The van der Waals surface area contributed by atoms with Crippen LogP contribution in [-0.2, 0) is 0 Å². The van der Waals surface area contributed by atoms with E-state index in [0.717, 1.165) is 17.5 Å². The van der Waals surface area contributed by atoms with Crippen LogP contribution in [-0.4, -0.2) is 13.1 Å². The van der Waals surface area contributed by atoms with Gasteiger partial charge in [0.1, 0.15) is 0 Å². The molecule has 1 aromatic rings. The molecule has 0 bridgehead atoms. The van der Waals surface area contributed by atoms with Crippen LogP contribution >= 0.6 is 0 Å². The van der Waals surface area contributed by atoms with Crippen molar-refractivity contribution in [1.82, 2.24) is 0 Å². The maximum Gasteiger partial charge on any atom is 0.0374 e. The van der Waals surface area contributed by atoms with Crippen molar-refractivity contribution in [3.63, 3.8) is 0 Å². The van der Waals surface area contributed by atoms with E-state index in [-0.39, 0.29) is 0 Å². The van der Waals surface area contributed by atoms with Gasteiger partial charge < -0.3 is 10.6 Å². The van der Waals surface area contributed by atoms with E-state index in [2.05, 4.69) is 44.7 Å².